The van der Waals surface area contributed by atoms with Gasteiger partial charge < -0.3 is 5.32 Å². The van der Waals surface area contributed by atoms with Crippen LogP contribution < -0.4 is 5.32 Å². The van der Waals surface area contributed by atoms with E-state index in [9.17, 15) is 4.21 Å². The van der Waals surface area contributed by atoms with Crippen LogP contribution in [-0.4, -0.2) is 21.3 Å². The Morgan fingerprint density at radius 3 is 3.00 bits per heavy atom. The molecule has 2 rings (SSSR count). The Morgan fingerprint density at radius 2 is 2.43 bits per heavy atom. The summed E-state index contributed by atoms with van der Waals surface area (Å²) in [6.07, 6.45) is 0. The van der Waals surface area contributed by atoms with Crippen LogP contribution in [0.5, 0.6) is 0 Å². The SMILES string of the molecule is CC1(C)CS(=O)CC(c2cccs2)N1. The highest BCUT2D eigenvalue weighted by Gasteiger charge is 2.32. The normalized spacial score (nSPS) is 31.6. The predicted octanol–water partition coefficient (Wildman–Crippen LogP) is 1.92. The first-order valence-electron chi connectivity index (χ1n) is 4.73. The summed E-state index contributed by atoms with van der Waals surface area (Å²) in [5.74, 6) is 1.51. The molecular formula is C10H15NOS2. The zero-order valence-corrected chi connectivity index (χ0v) is 10.1. The van der Waals surface area contributed by atoms with E-state index in [1.54, 1.807) is 11.3 Å². The second kappa shape index (κ2) is 3.76. The average molecular weight is 229 g/mol. The summed E-state index contributed by atoms with van der Waals surface area (Å²) in [4.78, 5) is 1.30. The van der Waals surface area contributed by atoms with E-state index in [0.717, 1.165) is 11.5 Å². The van der Waals surface area contributed by atoms with Gasteiger partial charge in [0.25, 0.3) is 0 Å². The first kappa shape index (κ1) is 10.3. The molecule has 1 saturated heterocycles. The molecule has 0 amide bonds. The van der Waals surface area contributed by atoms with E-state index in [1.807, 2.05) is 6.07 Å². The second-order valence-corrected chi connectivity index (χ2v) is 6.83. The van der Waals surface area contributed by atoms with Crippen molar-refractivity contribution in [3.8, 4) is 0 Å². The maximum absolute atomic E-state index is 11.7. The molecular weight excluding hydrogens is 214 g/mol. The molecule has 0 bridgehead atoms. The van der Waals surface area contributed by atoms with Gasteiger partial charge in [0.1, 0.15) is 0 Å². The topological polar surface area (TPSA) is 29.1 Å². The molecule has 1 fully saturated rings. The van der Waals surface area contributed by atoms with Gasteiger partial charge in [-0.1, -0.05) is 6.07 Å². The number of thiophene rings is 1. The molecule has 1 aliphatic heterocycles. The molecule has 2 heterocycles. The Morgan fingerprint density at radius 1 is 1.64 bits per heavy atom. The van der Waals surface area contributed by atoms with Crippen molar-refractivity contribution in [2.45, 2.75) is 25.4 Å². The number of rotatable bonds is 1. The van der Waals surface area contributed by atoms with Gasteiger partial charge in [-0.05, 0) is 25.3 Å². The summed E-state index contributed by atoms with van der Waals surface area (Å²) < 4.78 is 11.7. The lowest BCUT2D eigenvalue weighted by molar-refractivity contribution is 0.372. The van der Waals surface area contributed by atoms with E-state index < -0.39 is 10.8 Å². The quantitative estimate of drug-likeness (QED) is 0.797. The minimum atomic E-state index is -0.680. The van der Waals surface area contributed by atoms with Gasteiger partial charge in [-0.15, -0.1) is 11.3 Å². The van der Waals surface area contributed by atoms with Crippen molar-refractivity contribution in [2.24, 2.45) is 0 Å². The standard InChI is InChI=1S/C10H15NOS2/c1-10(2)7-14(12)6-8(11-10)9-4-3-5-13-9/h3-5,8,11H,6-7H2,1-2H3. The zero-order valence-electron chi connectivity index (χ0n) is 8.45. The Kier molecular flexibility index (Phi) is 2.77. The molecule has 4 heteroatoms. The van der Waals surface area contributed by atoms with Gasteiger partial charge in [-0.25, -0.2) is 0 Å². The van der Waals surface area contributed by atoms with Gasteiger partial charge in [0.05, 0.1) is 6.04 Å². The third-order valence-electron chi connectivity index (χ3n) is 2.33. The van der Waals surface area contributed by atoms with Crippen molar-refractivity contribution < 1.29 is 4.21 Å². The third-order valence-corrected chi connectivity index (χ3v) is 5.06. The molecule has 2 nitrogen and oxygen atoms in total. The third kappa shape index (κ3) is 2.24. The van der Waals surface area contributed by atoms with Crippen LogP contribution >= 0.6 is 11.3 Å². The summed E-state index contributed by atoms with van der Waals surface area (Å²) in [6, 6.07) is 4.44. The Hall–Kier alpha value is -0.190. The van der Waals surface area contributed by atoms with Crippen molar-refractivity contribution in [1.29, 1.82) is 0 Å². The van der Waals surface area contributed by atoms with Gasteiger partial charge in [-0.2, -0.15) is 0 Å². The van der Waals surface area contributed by atoms with Crippen molar-refractivity contribution in [1.82, 2.24) is 5.32 Å². The van der Waals surface area contributed by atoms with Crippen LogP contribution in [0.2, 0.25) is 0 Å². The highest BCUT2D eigenvalue weighted by atomic mass is 32.2. The minimum Gasteiger partial charge on any atom is -0.303 e. The molecule has 0 spiro atoms. The lowest BCUT2D eigenvalue weighted by Gasteiger charge is -2.36. The highest BCUT2D eigenvalue weighted by molar-refractivity contribution is 7.85. The summed E-state index contributed by atoms with van der Waals surface area (Å²) in [6.45, 7) is 4.23. The minimum absolute atomic E-state index is 0.00221. The fourth-order valence-corrected chi connectivity index (χ4v) is 4.37. The van der Waals surface area contributed by atoms with Crippen molar-refractivity contribution >= 4 is 22.1 Å². The molecule has 2 atom stereocenters. The molecule has 0 radical (unpaired) electrons. The van der Waals surface area contributed by atoms with Gasteiger partial charge in [0.2, 0.25) is 0 Å². The highest BCUT2D eigenvalue weighted by Crippen LogP contribution is 2.26. The van der Waals surface area contributed by atoms with E-state index in [-0.39, 0.29) is 11.6 Å². The summed E-state index contributed by atoms with van der Waals surface area (Å²) in [5.41, 5.74) is -0.00221. The van der Waals surface area contributed by atoms with Crippen molar-refractivity contribution in [3.63, 3.8) is 0 Å². The van der Waals surface area contributed by atoms with Crippen LogP contribution in [0.15, 0.2) is 17.5 Å². The molecule has 1 aromatic rings. The smallest absolute Gasteiger partial charge is 0.0535 e. The second-order valence-electron chi connectivity index (χ2n) is 4.35. The monoisotopic (exact) mass is 229 g/mol. The summed E-state index contributed by atoms with van der Waals surface area (Å²) >= 11 is 1.74. The Balaban J connectivity index is 2.18. The molecule has 14 heavy (non-hydrogen) atoms. The maximum atomic E-state index is 11.7. The van der Waals surface area contributed by atoms with E-state index >= 15 is 0 Å². The van der Waals surface area contributed by atoms with Crippen molar-refractivity contribution in [2.75, 3.05) is 11.5 Å². The molecule has 1 aliphatic rings. The maximum Gasteiger partial charge on any atom is 0.0535 e. The number of nitrogens with one attached hydrogen (secondary N) is 1. The molecule has 2 unspecified atom stereocenters. The largest absolute Gasteiger partial charge is 0.303 e. The Bertz CT molecular complexity index is 332. The van der Waals surface area contributed by atoms with E-state index in [1.165, 1.54) is 4.88 Å². The van der Waals surface area contributed by atoms with Crippen molar-refractivity contribution in [3.05, 3.63) is 22.4 Å². The van der Waals surface area contributed by atoms with Gasteiger partial charge in [0, 0.05) is 32.7 Å². The predicted molar refractivity (Wildman–Crippen MR) is 62.2 cm³/mol. The molecule has 78 valence electrons. The van der Waals surface area contributed by atoms with E-state index in [0.29, 0.717) is 0 Å². The van der Waals surface area contributed by atoms with Crippen LogP contribution in [0.25, 0.3) is 0 Å². The zero-order chi connectivity index (χ0) is 10.2. The molecule has 0 aromatic carbocycles. The van der Waals surface area contributed by atoms with Crippen LogP contribution in [0, 0.1) is 0 Å². The summed E-state index contributed by atoms with van der Waals surface area (Å²) in [7, 11) is -0.680. The van der Waals surface area contributed by atoms with Crippen LogP contribution in [0.1, 0.15) is 24.8 Å². The molecule has 0 aliphatic carbocycles. The fraction of sp³-hybridized carbons (Fsp3) is 0.600. The lowest BCUT2D eigenvalue weighted by Crippen LogP contribution is -2.52. The summed E-state index contributed by atoms with van der Waals surface area (Å²) in [5, 5.41) is 5.61. The van der Waals surface area contributed by atoms with E-state index in [2.05, 4.69) is 30.6 Å². The van der Waals surface area contributed by atoms with Crippen LogP contribution in [0.4, 0.5) is 0 Å². The van der Waals surface area contributed by atoms with Gasteiger partial charge in [0.15, 0.2) is 0 Å². The van der Waals surface area contributed by atoms with Crippen LogP contribution in [-0.2, 0) is 10.8 Å². The van der Waals surface area contributed by atoms with E-state index in [4.69, 9.17) is 0 Å². The first-order chi connectivity index (χ1) is 6.57. The van der Waals surface area contributed by atoms with Gasteiger partial charge in [-0.3, -0.25) is 4.21 Å². The van der Waals surface area contributed by atoms with Crippen LogP contribution in [0.3, 0.4) is 0 Å². The van der Waals surface area contributed by atoms with Gasteiger partial charge >= 0.3 is 0 Å². The number of hydrogen-bond acceptors (Lipinski definition) is 3. The number of hydrogen-bond donors (Lipinski definition) is 1. The Labute approximate surface area is 91.2 Å². The lowest BCUT2D eigenvalue weighted by atomic mass is 10.1. The fourth-order valence-electron chi connectivity index (χ4n) is 1.85. The first-order valence-corrected chi connectivity index (χ1v) is 7.10. The average Bonchev–Trinajstić information content (AvgIpc) is 2.51. The molecule has 1 aromatic heterocycles. The molecule has 0 saturated carbocycles. The molecule has 1 N–H and O–H groups in total.